The normalized spacial score (nSPS) is 14.3. The van der Waals surface area contributed by atoms with Gasteiger partial charge in [-0.3, -0.25) is 9.36 Å². The second-order valence-corrected chi connectivity index (χ2v) is 21.7. The SMILES string of the molecule is CCCCCCC/C=C\C/C=C\CCCCCCCCCCCCCCCCCCCCCC(=O)NC(COP(=O)([O-])OCC[N+](C)(C)C)C(O)/C=C/CC/C=C/CCCCCCCCC. The Hall–Kier alpha value is -1.54. The maximum absolute atomic E-state index is 12.9. The van der Waals surface area contributed by atoms with E-state index in [9.17, 15) is 19.4 Å². The van der Waals surface area contributed by atoms with Gasteiger partial charge in [-0.15, -0.1) is 0 Å². The fourth-order valence-electron chi connectivity index (χ4n) is 8.08. The van der Waals surface area contributed by atoms with E-state index in [-0.39, 0.29) is 12.5 Å². The van der Waals surface area contributed by atoms with E-state index in [1.165, 1.54) is 193 Å². The maximum Gasteiger partial charge on any atom is 0.268 e. The predicted octanol–water partition coefficient (Wildman–Crippen LogP) is 16.1. The molecule has 0 aromatic carbocycles. The van der Waals surface area contributed by atoms with Crippen LogP contribution in [0.1, 0.15) is 258 Å². The predicted molar refractivity (Wildman–Crippen MR) is 284 cm³/mol. The molecule has 0 aliphatic heterocycles. The van der Waals surface area contributed by atoms with Crippen molar-refractivity contribution in [1.82, 2.24) is 5.32 Å². The molecule has 388 valence electrons. The summed E-state index contributed by atoms with van der Waals surface area (Å²) >= 11 is 0. The highest BCUT2D eigenvalue weighted by Gasteiger charge is 2.23. The minimum atomic E-state index is -4.60. The third kappa shape index (κ3) is 50.3. The van der Waals surface area contributed by atoms with E-state index in [0.29, 0.717) is 17.4 Å². The summed E-state index contributed by atoms with van der Waals surface area (Å²) < 4.78 is 23.3. The summed E-state index contributed by atoms with van der Waals surface area (Å²) in [5.74, 6) is -0.206. The zero-order valence-corrected chi connectivity index (χ0v) is 45.0. The van der Waals surface area contributed by atoms with E-state index in [4.69, 9.17) is 9.05 Å². The number of likely N-dealkylation sites (N-methyl/N-ethyl adjacent to an activating group) is 1. The molecule has 3 unspecified atom stereocenters. The van der Waals surface area contributed by atoms with Crippen molar-refractivity contribution in [3.8, 4) is 0 Å². The molecule has 8 nitrogen and oxygen atoms in total. The lowest BCUT2D eigenvalue weighted by Crippen LogP contribution is -2.45. The number of aliphatic hydroxyl groups is 1. The second kappa shape index (κ2) is 48.5. The summed E-state index contributed by atoms with van der Waals surface area (Å²) in [5.41, 5.74) is 0. The van der Waals surface area contributed by atoms with Crippen LogP contribution in [0.3, 0.4) is 0 Å². The number of rotatable bonds is 51. The van der Waals surface area contributed by atoms with Gasteiger partial charge >= 0.3 is 0 Å². The number of allylic oxidation sites excluding steroid dienone is 7. The van der Waals surface area contributed by atoms with Crippen molar-refractivity contribution < 1.29 is 32.9 Å². The smallest absolute Gasteiger partial charge is 0.268 e. The minimum Gasteiger partial charge on any atom is -0.756 e. The number of phosphoric ester groups is 1. The first kappa shape index (κ1) is 64.5. The number of nitrogens with zero attached hydrogens (tertiary/aromatic N) is 1. The quantitative estimate of drug-likeness (QED) is 0.0272. The molecule has 3 atom stereocenters. The van der Waals surface area contributed by atoms with Crippen LogP contribution in [0.15, 0.2) is 48.6 Å². The zero-order chi connectivity index (χ0) is 48.5. The number of hydrogen-bond donors (Lipinski definition) is 2. The van der Waals surface area contributed by atoms with Gasteiger partial charge in [0.15, 0.2) is 0 Å². The third-order valence-electron chi connectivity index (χ3n) is 12.5. The van der Waals surface area contributed by atoms with Gasteiger partial charge < -0.3 is 28.8 Å². The number of aliphatic hydroxyl groups excluding tert-OH is 1. The Kier molecular flexibility index (Phi) is 47.4. The van der Waals surface area contributed by atoms with Gasteiger partial charge in [-0.2, -0.15) is 0 Å². The van der Waals surface area contributed by atoms with E-state index >= 15 is 0 Å². The molecule has 9 heteroatoms. The molecule has 0 fully saturated rings. The molecular formula is C57H109N2O6P. The van der Waals surface area contributed by atoms with Crippen LogP contribution in [0.2, 0.25) is 0 Å². The number of amides is 1. The average molecular weight is 949 g/mol. The number of carbonyl (C=O) groups is 1. The van der Waals surface area contributed by atoms with Crippen LogP contribution in [0.5, 0.6) is 0 Å². The van der Waals surface area contributed by atoms with E-state index in [0.717, 1.165) is 44.9 Å². The van der Waals surface area contributed by atoms with Crippen LogP contribution in [0.4, 0.5) is 0 Å². The molecule has 0 aliphatic carbocycles. The molecular weight excluding hydrogens is 840 g/mol. The first-order chi connectivity index (χ1) is 32.0. The first-order valence-corrected chi connectivity index (χ1v) is 29.5. The van der Waals surface area contributed by atoms with Gasteiger partial charge in [-0.05, 0) is 64.2 Å². The van der Waals surface area contributed by atoms with Crippen LogP contribution in [-0.4, -0.2) is 68.5 Å². The minimum absolute atomic E-state index is 0.00600. The molecule has 0 heterocycles. The molecule has 0 spiro atoms. The number of quaternary nitrogens is 1. The number of carbonyl (C=O) groups excluding carboxylic acids is 1. The molecule has 2 N–H and O–H groups in total. The summed E-state index contributed by atoms with van der Waals surface area (Å²) in [6.45, 7) is 4.62. The number of hydrogen-bond acceptors (Lipinski definition) is 6. The summed E-state index contributed by atoms with van der Waals surface area (Å²) in [6.07, 6.45) is 63.4. The largest absolute Gasteiger partial charge is 0.756 e. The molecule has 0 radical (unpaired) electrons. The van der Waals surface area contributed by atoms with E-state index in [1.807, 2.05) is 27.2 Å². The summed E-state index contributed by atoms with van der Waals surface area (Å²) in [4.78, 5) is 25.4. The molecule has 0 saturated carbocycles. The van der Waals surface area contributed by atoms with Crippen LogP contribution in [0, 0.1) is 0 Å². The standard InChI is InChI=1S/C57H109N2O6P/c1-6-8-10-12-14-16-18-20-21-22-23-24-25-26-27-28-29-30-31-32-33-34-35-36-37-39-41-43-45-47-49-51-57(61)58-55(54-65-66(62,63)64-53-52-59(3,4)5)56(60)50-48-46-44-42-40-38-19-17-15-13-11-9-7-2/h18,20,22-23,40,42,48,50,55-56,60H,6-17,19,21,24-39,41,43-47,49,51-54H2,1-5H3,(H-,58,61,62,63)/b20-18-,23-22-,42-40+,50-48+. The van der Waals surface area contributed by atoms with E-state index in [2.05, 4.69) is 55.6 Å². The Morgan fingerprint density at radius 3 is 1.32 bits per heavy atom. The highest BCUT2D eigenvalue weighted by Crippen LogP contribution is 2.38. The molecule has 0 bridgehead atoms. The summed E-state index contributed by atoms with van der Waals surface area (Å²) in [5, 5.41) is 13.8. The van der Waals surface area contributed by atoms with Gasteiger partial charge in [0.2, 0.25) is 5.91 Å². The molecule has 66 heavy (non-hydrogen) atoms. The maximum atomic E-state index is 12.9. The third-order valence-corrected chi connectivity index (χ3v) is 13.5. The monoisotopic (exact) mass is 949 g/mol. The Morgan fingerprint density at radius 1 is 0.530 bits per heavy atom. The highest BCUT2D eigenvalue weighted by atomic mass is 31.2. The highest BCUT2D eigenvalue weighted by molar-refractivity contribution is 7.45. The average Bonchev–Trinajstić information content (AvgIpc) is 3.28. The van der Waals surface area contributed by atoms with Crippen LogP contribution in [-0.2, 0) is 18.4 Å². The lowest BCUT2D eigenvalue weighted by molar-refractivity contribution is -0.870. The van der Waals surface area contributed by atoms with Crippen molar-refractivity contribution >= 4 is 13.7 Å². The van der Waals surface area contributed by atoms with Gasteiger partial charge in [-0.25, -0.2) is 0 Å². The van der Waals surface area contributed by atoms with E-state index < -0.39 is 26.6 Å². The topological polar surface area (TPSA) is 108 Å². The van der Waals surface area contributed by atoms with E-state index in [1.54, 1.807) is 6.08 Å². The van der Waals surface area contributed by atoms with Gasteiger partial charge in [0.25, 0.3) is 7.82 Å². The Balaban J connectivity index is 4.06. The fourth-order valence-corrected chi connectivity index (χ4v) is 8.81. The van der Waals surface area contributed by atoms with Crippen LogP contribution >= 0.6 is 7.82 Å². The molecule has 1 amide bonds. The molecule has 0 aliphatic rings. The molecule has 0 aromatic rings. The van der Waals surface area contributed by atoms with Crippen molar-refractivity contribution in [2.45, 2.75) is 270 Å². The second-order valence-electron chi connectivity index (χ2n) is 20.3. The fraction of sp³-hybridized carbons (Fsp3) is 0.842. The van der Waals surface area contributed by atoms with Gasteiger partial charge in [0.05, 0.1) is 39.9 Å². The summed E-state index contributed by atoms with van der Waals surface area (Å²) in [7, 11) is 1.25. The lowest BCUT2D eigenvalue weighted by Gasteiger charge is -2.29. The first-order valence-electron chi connectivity index (χ1n) is 28.0. The van der Waals surface area contributed by atoms with Crippen molar-refractivity contribution in [3.63, 3.8) is 0 Å². The zero-order valence-electron chi connectivity index (χ0n) is 44.1. The molecule has 0 saturated heterocycles. The Morgan fingerprint density at radius 2 is 0.894 bits per heavy atom. The van der Waals surface area contributed by atoms with Gasteiger partial charge in [0, 0.05) is 6.42 Å². The van der Waals surface area contributed by atoms with Crippen molar-refractivity contribution in [1.29, 1.82) is 0 Å². The Labute approximate surface area is 409 Å². The van der Waals surface area contributed by atoms with Crippen molar-refractivity contribution in [3.05, 3.63) is 48.6 Å². The number of nitrogens with one attached hydrogen (secondary N) is 1. The Bertz CT molecular complexity index is 1210. The van der Waals surface area contributed by atoms with Crippen molar-refractivity contribution in [2.75, 3.05) is 40.9 Å². The van der Waals surface area contributed by atoms with Crippen LogP contribution in [0.25, 0.3) is 0 Å². The van der Waals surface area contributed by atoms with Crippen molar-refractivity contribution in [2.24, 2.45) is 0 Å². The van der Waals surface area contributed by atoms with Gasteiger partial charge in [0.1, 0.15) is 13.2 Å². The van der Waals surface area contributed by atoms with Crippen LogP contribution < -0.4 is 10.2 Å². The molecule has 0 rings (SSSR count). The summed E-state index contributed by atoms with van der Waals surface area (Å²) in [6, 6.07) is -0.902. The number of unbranched alkanes of at least 4 members (excludes halogenated alkanes) is 32. The number of phosphoric acid groups is 1. The lowest BCUT2D eigenvalue weighted by atomic mass is 10.0. The molecule has 0 aromatic heterocycles. The van der Waals surface area contributed by atoms with Gasteiger partial charge in [-0.1, -0.05) is 236 Å².